The highest BCUT2D eigenvalue weighted by Gasteiger charge is 2.12. The third-order valence-electron chi connectivity index (χ3n) is 2.73. The molecule has 0 bridgehead atoms. The van der Waals surface area contributed by atoms with Crippen LogP contribution in [0.25, 0.3) is 0 Å². The fourth-order valence-corrected chi connectivity index (χ4v) is 2.40. The molecule has 0 aliphatic carbocycles. The van der Waals surface area contributed by atoms with Crippen molar-refractivity contribution in [2.24, 2.45) is 5.84 Å². The van der Waals surface area contributed by atoms with E-state index < -0.39 is 0 Å². The second kappa shape index (κ2) is 6.29. The van der Waals surface area contributed by atoms with Crippen molar-refractivity contribution in [3.8, 4) is 0 Å². The first kappa shape index (κ1) is 13.5. The first-order valence-corrected chi connectivity index (χ1v) is 6.68. The van der Waals surface area contributed by atoms with Gasteiger partial charge in [0.05, 0.1) is 11.1 Å². The summed E-state index contributed by atoms with van der Waals surface area (Å²) < 4.78 is 1.03. The molecule has 0 amide bonds. The molecular formula is C13H13BrClN3. The monoisotopic (exact) mass is 325 g/mol. The molecular weight excluding hydrogens is 314 g/mol. The summed E-state index contributed by atoms with van der Waals surface area (Å²) in [6, 6.07) is 9.96. The summed E-state index contributed by atoms with van der Waals surface area (Å²) in [6.07, 6.45) is 4.09. The van der Waals surface area contributed by atoms with Crippen LogP contribution >= 0.6 is 27.5 Å². The first-order valence-electron chi connectivity index (χ1n) is 5.50. The molecule has 0 radical (unpaired) electrons. The number of aromatic nitrogens is 1. The maximum Gasteiger partial charge on any atom is 0.0622 e. The Morgan fingerprint density at radius 3 is 2.89 bits per heavy atom. The van der Waals surface area contributed by atoms with Crippen molar-refractivity contribution in [3.05, 3.63) is 63.3 Å². The summed E-state index contributed by atoms with van der Waals surface area (Å²) in [5.41, 5.74) is 4.96. The quantitative estimate of drug-likeness (QED) is 0.670. The van der Waals surface area contributed by atoms with E-state index in [2.05, 4.69) is 26.3 Å². The van der Waals surface area contributed by atoms with Crippen molar-refractivity contribution < 1.29 is 0 Å². The van der Waals surface area contributed by atoms with Crippen LogP contribution in [-0.4, -0.2) is 4.98 Å². The van der Waals surface area contributed by atoms with Gasteiger partial charge in [0.15, 0.2) is 0 Å². The zero-order valence-corrected chi connectivity index (χ0v) is 11.9. The Hall–Kier alpha value is -0.940. The number of nitrogens with one attached hydrogen (secondary N) is 1. The van der Waals surface area contributed by atoms with Crippen molar-refractivity contribution in [2.45, 2.75) is 12.5 Å². The number of nitrogens with two attached hydrogens (primary N) is 1. The SMILES string of the molecule is NNC(Cc1ccncc1Cl)c1cccc(Br)c1. The number of benzene rings is 1. The molecule has 0 aliphatic heterocycles. The number of rotatable bonds is 4. The summed E-state index contributed by atoms with van der Waals surface area (Å²) in [5, 5.41) is 0.660. The van der Waals surface area contributed by atoms with E-state index in [-0.39, 0.29) is 6.04 Å². The predicted molar refractivity (Wildman–Crippen MR) is 77.2 cm³/mol. The molecule has 5 heteroatoms. The Morgan fingerprint density at radius 1 is 1.39 bits per heavy atom. The molecule has 94 valence electrons. The number of hydrogen-bond acceptors (Lipinski definition) is 3. The Labute approximate surface area is 119 Å². The van der Waals surface area contributed by atoms with Gasteiger partial charge >= 0.3 is 0 Å². The highest BCUT2D eigenvalue weighted by atomic mass is 79.9. The van der Waals surface area contributed by atoms with Gasteiger partial charge in [0, 0.05) is 16.9 Å². The van der Waals surface area contributed by atoms with E-state index >= 15 is 0 Å². The zero-order chi connectivity index (χ0) is 13.0. The van der Waals surface area contributed by atoms with Gasteiger partial charge in [-0.05, 0) is 35.7 Å². The van der Waals surface area contributed by atoms with E-state index in [9.17, 15) is 0 Å². The Bertz CT molecular complexity index is 533. The van der Waals surface area contributed by atoms with E-state index in [1.807, 2.05) is 30.3 Å². The van der Waals surface area contributed by atoms with Crippen LogP contribution in [0.5, 0.6) is 0 Å². The first-order chi connectivity index (χ1) is 8.70. The molecule has 0 fully saturated rings. The van der Waals surface area contributed by atoms with E-state index in [1.54, 1.807) is 12.4 Å². The predicted octanol–water partition coefficient (Wildman–Crippen LogP) is 3.24. The van der Waals surface area contributed by atoms with Gasteiger partial charge in [-0.2, -0.15) is 0 Å². The van der Waals surface area contributed by atoms with Gasteiger partial charge in [0.1, 0.15) is 0 Å². The highest BCUT2D eigenvalue weighted by molar-refractivity contribution is 9.10. The summed E-state index contributed by atoms with van der Waals surface area (Å²) >= 11 is 9.56. The normalized spacial score (nSPS) is 12.4. The maximum absolute atomic E-state index is 6.10. The lowest BCUT2D eigenvalue weighted by Gasteiger charge is -2.17. The van der Waals surface area contributed by atoms with Crippen LogP contribution in [0.15, 0.2) is 47.2 Å². The second-order valence-electron chi connectivity index (χ2n) is 3.95. The van der Waals surface area contributed by atoms with Gasteiger partial charge in [-0.15, -0.1) is 0 Å². The van der Waals surface area contributed by atoms with Crippen molar-refractivity contribution in [2.75, 3.05) is 0 Å². The topological polar surface area (TPSA) is 50.9 Å². The zero-order valence-electron chi connectivity index (χ0n) is 9.61. The van der Waals surface area contributed by atoms with Crippen molar-refractivity contribution in [1.29, 1.82) is 0 Å². The summed E-state index contributed by atoms with van der Waals surface area (Å²) in [4.78, 5) is 3.97. The molecule has 1 aromatic heterocycles. The summed E-state index contributed by atoms with van der Waals surface area (Å²) in [7, 11) is 0. The van der Waals surface area contributed by atoms with Gasteiger partial charge < -0.3 is 0 Å². The minimum absolute atomic E-state index is 0.0161. The number of pyridine rings is 1. The standard InChI is InChI=1S/C13H13BrClN3/c14-11-3-1-2-10(6-11)13(18-16)7-9-4-5-17-8-12(9)15/h1-6,8,13,18H,7,16H2. The van der Waals surface area contributed by atoms with E-state index in [1.165, 1.54) is 0 Å². The minimum atomic E-state index is 0.0161. The molecule has 2 aromatic rings. The molecule has 2 rings (SSSR count). The number of halogens is 2. The van der Waals surface area contributed by atoms with Gasteiger partial charge in [0.25, 0.3) is 0 Å². The molecule has 0 aliphatic rings. The van der Waals surface area contributed by atoms with E-state index in [4.69, 9.17) is 17.4 Å². The third-order valence-corrected chi connectivity index (χ3v) is 3.57. The molecule has 1 aromatic carbocycles. The van der Waals surface area contributed by atoms with Crippen LogP contribution in [0.2, 0.25) is 5.02 Å². The highest BCUT2D eigenvalue weighted by Crippen LogP contribution is 2.24. The van der Waals surface area contributed by atoms with Crippen LogP contribution in [0.4, 0.5) is 0 Å². The van der Waals surface area contributed by atoms with Crippen LogP contribution in [-0.2, 0) is 6.42 Å². The number of nitrogens with zero attached hydrogens (tertiary/aromatic N) is 1. The number of hydrazine groups is 1. The molecule has 0 saturated carbocycles. The van der Waals surface area contributed by atoms with Gasteiger partial charge in [-0.1, -0.05) is 39.7 Å². The molecule has 1 heterocycles. The average Bonchev–Trinajstić information content (AvgIpc) is 2.38. The van der Waals surface area contributed by atoms with Crippen molar-refractivity contribution in [3.63, 3.8) is 0 Å². The smallest absolute Gasteiger partial charge is 0.0622 e. The summed E-state index contributed by atoms with van der Waals surface area (Å²) in [6.45, 7) is 0. The van der Waals surface area contributed by atoms with Gasteiger partial charge in [-0.25, -0.2) is 0 Å². The maximum atomic E-state index is 6.10. The third kappa shape index (κ3) is 3.29. The van der Waals surface area contributed by atoms with Gasteiger partial charge in [-0.3, -0.25) is 16.3 Å². The largest absolute Gasteiger partial charge is 0.271 e. The van der Waals surface area contributed by atoms with Crippen LogP contribution in [0.3, 0.4) is 0 Å². The van der Waals surface area contributed by atoms with Gasteiger partial charge in [0.2, 0.25) is 0 Å². The van der Waals surface area contributed by atoms with Crippen LogP contribution in [0.1, 0.15) is 17.2 Å². The second-order valence-corrected chi connectivity index (χ2v) is 5.27. The van der Waals surface area contributed by atoms with Crippen molar-refractivity contribution in [1.82, 2.24) is 10.4 Å². The molecule has 18 heavy (non-hydrogen) atoms. The van der Waals surface area contributed by atoms with Crippen LogP contribution in [0, 0.1) is 0 Å². The van der Waals surface area contributed by atoms with Crippen LogP contribution < -0.4 is 11.3 Å². The number of hydrogen-bond donors (Lipinski definition) is 2. The molecule has 0 saturated heterocycles. The average molecular weight is 327 g/mol. The lowest BCUT2D eigenvalue weighted by atomic mass is 10.0. The fourth-order valence-electron chi connectivity index (χ4n) is 1.79. The minimum Gasteiger partial charge on any atom is -0.271 e. The van der Waals surface area contributed by atoms with Crippen molar-refractivity contribution >= 4 is 27.5 Å². The molecule has 1 unspecified atom stereocenters. The Morgan fingerprint density at radius 2 is 2.22 bits per heavy atom. The Kier molecular flexibility index (Phi) is 4.72. The molecule has 1 atom stereocenters. The van der Waals surface area contributed by atoms with E-state index in [0.717, 1.165) is 15.6 Å². The fraction of sp³-hybridized carbons (Fsp3) is 0.154. The van der Waals surface area contributed by atoms with E-state index in [0.29, 0.717) is 11.4 Å². The summed E-state index contributed by atoms with van der Waals surface area (Å²) in [5.74, 6) is 5.63. The lowest BCUT2D eigenvalue weighted by Crippen LogP contribution is -2.29. The lowest BCUT2D eigenvalue weighted by molar-refractivity contribution is 0.551. The Balaban J connectivity index is 2.23. The molecule has 3 N–H and O–H groups in total. The molecule has 3 nitrogen and oxygen atoms in total. The molecule has 0 spiro atoms.